The predicted octanol–water partition coefficient (Wildman–Crippen LogP) is -0.150. The van der Waals surface area contributed by atoms with Crippen LogP contribution in [-0.2, 0) is 0 Å². The fourth-order valence-electron chi connectivity index (χ4n) is 0.427. The Hall–Kier alpha value is -1.59. The molecule has 3 N–H and O–H groups in total. The van der Waals surface area contributed by atoms with Crippen LogP contribution in [-0.4, -0.2) is 21.1 Å². The van der Waals surface area contributed by atoms with E-state index >= 15 is 0 Å². The number of hydrogen-bond donors (Lipinski definition) is 2. The van der Waals surface area contributed by atoms with Gasteiger partial charge in [0.15, 0.2) is 0 Å². The molecule has 0 spiro atoms. The minimum atomic E-state index is -0.0435. The topological polar surface area (TPSA) is 97.5 Å². The number of aromatic nitrogens is 2. The maximum absolute atomic E-state index is 8.22. The highest BCUT2D eigenvalue weighted by Gasteiger charge is 2.05. The highest BCUT2D eigenvalue weighted by Crippen LogP contribution is 1.98. The Bertz CT molecular complexity index is 254. The SMILES string of the molecule is C/C(=N/O)c1noc(N)n1. The molecule has 6 nitrogen and oxygen atoms in total. The number of rotatable bonds is 1. The van der Waals surface area contributed by atoms with Crippen LogP contribution in [0, 0.1) is 0 Å². The molecule has 0 fully saturated rings. The lowest BCUT2D eigenvalue weighted by atomic mass is 10.4. The molecule has 0 aliphatic rings. The van der Waals surface area contributed by atoms with E-state index in [0.29, 0.717) is 0 Å². The number of oxime groups is 1. The Labute approximate surface area is 56.3 Å². The maximum Gasteiger partial charge on any atom is 0.319 e. The second-order valence-electron chi connectivity index (χ2n) is 1.64. The molecule has 0 bridgehead atoms. The molecular formula is C4H6N4O2. The summed E-state index contributed by atoms with van der Waals surface area (Å²) in [5.74, 6) is 0.194. The molecule has 54 valence electrons. The van der Waals surface area contributed by atoms with E-state index in [4.69, 9.17) is 10.9 Å². The first-order valence-corrected chi connectivity index (χ1v) is 2.52. The van der Waals surface area contributed by atoms with Crippen molar-refractivity contribution in [2.75, 3.05) is 5.73 Å². The van der Waals surface area contributed by atoms with Gasteiger partial charge in [-0.15, -0.1) is 0 Å². The summed E-state index contributed by atoms with van der Waals surface area (Å²) in [5.41, 5.74) is 5.36. The molecule has 1 aromatic rings. The summed E-state index contributed by atoms with van der Waals surface area (Å²) in [6, 6.07) is -0.0435. The van der Waals surface area contributed by atoms with Gasteiger partial charge in [-0.2, -0.15) is 4.98 Å². The summed E-state index contributed by atoms with van der Waals surface area (Å²) in [6.07, 6.45) is 0. The van der Waals surface area contributed by atoms with Crippen molar-refractivity contribution in [2.24, 2.45) is 5.16 Å². The summed E-state index contributed by atoms with van der Waals surface area (Å²) >= 11 is 0. The number of nitrogens with two attached hydrogens (primary N) is 1. The average molecular weight is 142 g/mol. The summed E-state index contributed by atoms with van der Waals surface area (Å²) in [5, 5.41) is 14.5. The molecule has 0 aliphatic carbocycles. The third-order valence-corrected chi connectivity index (χ3v) is 0.915. The lowest BCUT2D eigenvalue weighted by molar-refractivity contribution is 0.318. The monoisotopic (exact) mass is 142 g/mol. The van der Waals surface area contributed by atoms with E-state index in [9.17, 15) is 0 Å². The van der Waals surface area contributed by atoms with Gasteiger partial charge in [-0.1, -0.05) is 10.3 Å². The number of nitrogens with zero attached hydrogens (tertiary/aromatic N) is 3. The minimum Gasteiger partial charge on any atom is -0.411 e. The number of nitrogen functional groups attached to an aromatic ring is 1. The largest absolute Gasteiger partial charge is 0.411 e. The second kappa shape index (κ2) is 2.34. The summed E-state index contributed by atoms with van der Waals surface area (Å²) in [4.78, 5) is 3.59. The zero-order chi connectivity index (χ0) is 7.56. The van der Waals surface area contributed by atoms with Gasteiger partial charge >= 0.3 is 6.01 Å². The standard InChI is InChI=1S/C4H6N4O2/c1-2(7-9)3-6-4(5)10-8-3/h9H,1H3,(H2,5,6,8)/b7-2-. The van der Waals surface area contributed by atoms with E-state index in [1.165, 1.54) is 6.92 Å². The van der Waals surface area contributed by atoms with Crippen molar-refractivity contribution in [1.82, 2.24) is 10.1 Å². The van der Waals surface area contributed by atoms with Gasteiger partial charge in [-0.25, -0.2) is 0 Å². The van der Waals surface area contributed by atoms with Gasteiger partial charge in [0.05, 0.1) is 0 Å². The molecule has 0 aromatic carbocycles. The first kappa shape index (κ1) is 6.53. The van der Waals surface area contributed by atoms with Crippen molar-refractivity contribution < 1.29 is 9.73 Å². The first-order valence-electron chi connectivity index (χ1n) is 2.52. The molecule has 1 heterocycles. The zero-order valence-corrected chi connectivity index (χ0v) is 5.27. The van der Waals surface area contributed by atoms with Crippen molar-refractivity contribution in [3.05, 3.63) is 5.82 Å². The quantitative estimate of drug-likeness (QED) is 0.323. The highest BCUT2D eigenvalue weighted by molar-refractivity contribution is 5.94. The molecule has 0 saturated heterocycles. The van der Waals surface area contributed by atoms with Crippen molar-refractivity contribution in [3.8, 4) is 0 Å². The molecule has 0 atom stereocenters. The molecule has 0 aliphatic heterocycles. The van der Waals surface area contributed by atoms with Gasteiger partial charge in [-0.05, 0) is 6.92 Å². The summed E-state index contributed by atoms with van der Waals surface area (Å²) in [7, 11) is 0. The molecular weight excluding hydrogens is 136 g/mol. The Balaban J connectivity index is 2.95. The normalized spacial score (nSPS) is 11.9. The predicted molar refractivity (Wildman–Crippen MR) is 32.7 cm³/mol. The Kier molecular flexibility index (Phi) is 1.53. The first-order chi connectivity index (χ1) is 4.74. The van der Waals surface area contributed by atoms with Crippen LogP contribution in [0.3, 0.4) is 0 Å². The van der Waals surface area contributed by atoms with Crippen molar-refractivity contribution in [1.29, 1.82) is 0 Å². The van der Waals surface area contributed by atoms with Crippen LogP contribution in [0.25, 0.3) is 0 Å². The Morgan fingerprint density at radius 3 is 2.90 bits per heavy atom. The Morgan fingerprint density at radius 2 is 2.50 bits per heavy atom. The van der Waals surface area contributed by atoms with Crippen LogP contribution < -0.4 is 5.73 Å². The lowest BCUT2D eigenvalue weighted by Gasteiger charge is -1.82. The third-order valence-electron chi connectivity index (χ3n) is 0.915. The molecule has 0 amide bonds. The van der Waals surface area contributed by atoms with E-state index in [1.807, 2.05) is 0 Å². The fraction of sp³-hybridized carbons (Fsp3) is 0.250. The van der Waals surface area contributed by atoms with Gasteiger partial charge in [0.2, 0.25) is 5.82 Å². The van der Waals surface area contributed by atoms with Crippen molar-refractivity contribution >= 4 is 11.7 Å². The maximum atomic E-state index is 8.22. The zero-order valence-electron chi connectivity index (χ0n) is 5.27. The van der Waals surface area contributed by atoms with E-state index in [0.717, 1.165) is 0 Å². The van der Waals surface area contributed by atoms with E-state index in [2.05, 4.69) is 19.8 Å². The van der Waals surface area contributed by atoms with Gasteiger partial charge < -0.3 is 15.5 Å². The molecule has 6 heteroatoms. The molecule has 1 rings (SSSR count). The second-order valence-corrected chi connectivity index (χ2v) is 1.64. The summed E-state index contributed by atoms with van der Waals surface area (Å²) in [6.45, 7) is 1.53. The van der Waals surface area contributed by atoms with E-state index in [-0.39, 0.29) is 17.6 Å². The van der Waals surface area contributed by atoms with Crippen LogP contribution in [0.15, 0.2) is 9.68 Å². The smallest absolute Gasteiger partial charge is 0.319 e. The van der Waals surface area contributed by atoms with Crippen molar-refractivity contribution in [3.63, 3.8) is 0 Å². The molecule has 10 heavy (non-hydrogen) atoms. The molecule has 0 radical (unpaired) electrons. The summed E-state index contributed by atoms with van der Waals surface area (Å²) < 4.78 is 4.41. The number of hydrogen-bond acceptors (Lipinski definition) is 6. The molecule has 0 saturated carbocycles. The van der Waals surface area contributed by atoms with E-state index < -0.39 is 0 Å². The van der Waals surface area contributed by atoms with Crippen LogP contribution >= 0.6 is 0 Å². The number of anilines is 1. The van der Waals surface area contributed by atoms with Gasteiger partial charge in [0, 0.05) is 0 Å². The molecule has 0 unspecified atom stereocenters. The Morgan fingerprint density at radius 1 is 1.80 bits per heavy atom. The van der Waals surface area contributed by atoms with Crippen LogP contribution in [0.2, 0.25) is 0 Å². The van der Waals surface area contributed by atoms with Gasteiger partial charge in [0.25, 0.3) is 0 Å². The molecule has 1 aromatic heterocycles. The van der Waals surface area contributed by atoms with Crippen LogP contribution in [0.4, 0.5) is 6.01 Å². The van der Waals surface area contributed by atoms with Crippen LogP contribution in [0.5, 0.6) is 0 Å². The van der Waals surface area contributed by atoms with Crippen molar-refractivity contribution in [2.45, 2.75) is 6.92 Å². The highest BCUT2D eigenvalue weighted by atomic mass is 16.5. The lowest BCUT2D eigenvalue weighted by Crippen LogP contribution is -1.97. The minimum absolute atomic E-state index is 0.0435. The third kappa shape index (κ3) is 1.04. The van der Waals surface area contributed by atoms with Gasteiger partial charge in [0.1, 0.15) is 5.71 Å². The van der Waals surface area contributed by atoms with Gasteiger partial charge in [-0.3, -0.25) is 0 Å². The van der Waals surface area contributed by atoms with Crippen LogP contribution in [0.1, 0.15) is 12.7 Å². The fourth-order valence-corrected chi connectivity index (χ4v) is 0.427. The van der Waals surface area contributed by atoms with E-state index in [1.54, 1.807) is 0 Å². The average Bonchev–Trinajstić information content (AvgIpc) is 2.34.